The zero-order chi connectivity index (χ0) is 26.7. The van der Waals surface area contributed by atoms with Crippen molar-refractivity contribution in [2.24, 2.45) is 0 Å². The van der Waals surface area contributed by atoms with Crippen LogP contribution in [0.1, 0.15) is 41.2 Å². The number of benzene rings is 2. The van der Waals surface area contributed by atoms with Gasteiger partial charge < -0.3 is 25.6 Å². The number of H-pyrrole nitrogens is 1. The minimum Gasteiger partial charge on any atom is -0.390 e. The number of aromatic amines is 1. The highest BCUT2D eigenvalue weighted by Crippen LogP contribution is 2.37. The zero-order valence-electron chi connectivity index (χ0n) is 21.0. The van der Waals surface area contributed by atoms with Gasteiger partial charge in [-0.1, -0.05) is 26.0 Å². The third-order valence-corrected chi connectivity index (χ3v) is 6.49. The molecule has 4 N–H and O–H groups in total. The van der Waals surface area contributed by atoms with Crippen molar-refractivity contribution >= 4 is 29.2 Å². The van der Waals surface area contributed by atoms with Crippen molar-refractivity contribution in [1.29, 1.82) is 0 Å². The van der Waals surface area contributed by atoms with Crippen LogP contribution in [-0.4, -0.2) is 59.1 Å². The van der Waals surface area contributed by atoms with Crippen molar-refractivity contribution in [3.63, 3.8) is 0 Å². The maximum Gasteiger partial charge on any atom is 0.256 e. The molecular formula is C28H30F2N4O3. The number of fused-ring (bicyclic) bond motifs is 1. The van der Waals surface area contributed by atoms with Crippen molar-refractivity contribution in [2.45, 2.75) is 26.9 Å². The van der Waals surface area contributed by atoms with Gasteiger partial charge in [-0.05, 0) is 62.0 Å². The highest BCUT2D eigenvalue weighted by atomic mass is 19.1. The second-order valence-electron chi connectivity index (χ2n) is 8.97. The first kappa shape index (κ1) is 26.2. The van der Waals surface area contributed by atoms with Gasteiger partial charge in [0.2, 0.25) is 0 Å². The smallest absolute Gasteiger partial charge is 0.256 e. The Morgan fingerprint density at radius 2 is 1.78 bits per heavy atom. The Morgan fingerprint density at radius 1 is 1.11 bits per heavy atom. The molecule has 37 heavy (non-hydrogen) atoms. The first-order valence-corrected chi connectivity index (χ1v) is 12.2. The van der Waals surface area contributed by atoms with E-state index in [0.29, 0.717) is 45.9 Å². The molecule has 1 unspecified atom stereocenters. The van der Waals surface area contributed by atoms with E-state index in [4.69, 9.17) is 0 Å². The average Bonchev–Trinajstić information content (AvgIpc) is 3.37. The molecule has 0 fully saturated rings. The average molecular weight is 509 g/mol. The normalized spacial score (nSPS) is 14.7. The van der Waals surface area contributed by atoms with Gasteiger partial charge in [0, 0.05) is 41.3 Å². The van der Waals surface area contributed by atoms with Gasteiger partial charge in [-0.15, -0.1) is 0 Å². The molecule has 0 aliphatic carbocycles. The van der Waals surface area contributed by atoms with Gasteiger partial charge in [-0.25, -0.2) is 8.78 Å². The number of anilines is 1. The number of aromatic nitrogens is 1. The van der Waals surface area contributed by atoms with E-state index in [1.165, 1.54) is 30.3 Å². The number of carbonyl (C=O) groups excluding carboxylic acids is 2. The number of aliphatic hydroxyl groups excluding tert-OH is 1. The molecule has 2 heterocycles. The number of likely N-dealkylation sites (N-methyl/N-ethyl adjacent to an activating group) is 1. The molecule has 4 rings (SSSR count). The van der Waals surface area contributed by atoms with E-state index in [1.54, 1.807) is 25.1 Å². The molecule has 0 bridgehead atoms. The topological polar surface area (TPSA) is 97.5 Å². The minimum atomic E-state index is -0.757. The van der Waals surface area contributed by atoms with Crippen molar-refractivity contribution in [2.75, 3.05) is 31.5 Å². The van der Waals surface area contributed by atoms with E-state index in [-0.39, 0.29) is 12.1 Å². The summed E-state index contributed by atoms with van der Waals surface area (Å²) in [5.41, 5.74) is 3.45. The maximum absolute atomic E-state index is 13.9. The van der Waals surface area contributed by atoms with Crippen molar-refractivity contribution in [3.05, 3.63) is 76.6 Å². The molecule has 1 aliphatic heterocycles. The standard InChI is InChI=1S/C28H30F2N4O3/c1-4-34(5-2)15-20(35)14-31-28(37)25-16(3)32-24(26(25)17-6-8-18(29)9-7-17)13-22-21-12-19(30)10-11-23(21)33-27(22)36/h6-13,20,32,35H,4-5,14-15H2,1-3H3,(H,31,37)(H,33,36). The van der Waals surface area contributed by atoms with Crippen LogP contribution >= 0.6 is 0 Å². The number of halogens is 2. The van der Waals surface area contributed by atoms with E-state index in [0.717, 1.165) is 13.1 Å². The van der Waals surface area contributed by atoms with Crippen LogP contribution in [0.15, 0.2) is 42.5 Å². The number of amides is 2. The summed E-state index contributed by atoms with van der Waals surface area (Å²) in [6.45, 7) is 7.76. The summed E-state index contributed by atoms with van der Waals surface area (Å²) in [4.78, 5) is 31.3. The molecule has 2 aromatic carbocycles. The Hall–Kier alpha value is -3.82. The van der Waals surface area contributed by atoms with Gasteiger partial charge in [0.25, 0.3) is 11.8 Å². The summed E-state index contributed by atoms with van der Waals surface area (Å²) in [5.74, 6) is -1.73. The van der Waals surface area contributed by atoms with Crippen molar-refractivity contribution in [1.82, 2.24) is 15.2 Å². The second-order valence-corrected chi connectivity index (χ2v) is 8.97. The number of carbonyl (C=O) groups is 2. The fourth-order valence-corrected chi connectivity index (χ4v) is 4.55. The molecule has 0 spiro atoms. The molecule has 0 radical (unpaired) electrons. The largest absolute Gasteiger partial charge is 0.390 e. The van der Waals surface area contributed by atoms with Gasteiger partial charge >= 0.3 is 0 Å². The minimum absolute atomic E-state index is 0.0499. The Balaban J connectivity index is 1.73. The van der Waals surface area contributed by atoms with Gasteiger partial charge in [0.15, 0.2) is 0 Å². The molecule has 9 heteroatoms. The van der Waals surface area contributed by atoms with Crippen LogP contribution in [0.2, 0.25) is 0 Å². The lowest BCUT2D eigenvalue weighted by atomic mass is 9.97. The number of nitrogens with one attached hydrogen (secondary N) is 3. The molecule has 1 aliphatic rings. The van der Waals surface area contributed by atoms with E-state index < -0.39 is 29.6 Å². The Bertz CT molecular complexity index is 1340. The highest BCUT2D eigenvalue weighted by Gasteiger charge is 2.27. The summed E-state index contributed by atoms with van der Waals surface area (Å²) in [6, 6.07) is 9.71. The number of hydrogen-bond acceptors (Lipinski definition) is 4. The number of hydrogen-bond donors (Lipinski definition) is 4. The SMILES string of the molecule is CCN(CC)CC(O)CNC(=O)c1c(C)[nH]c(C=C2C(=O)Nc3ccc(F)cc32)c1-c1ccc(F)cc1. The third kappa shape index (κ3) is 5.63. The van der Waals surface area contributed by atoms with Crippen LogP contribution in [0, 0.1) is 18.6 Å². The molecule has 1 aromatic heterocycles. The predicted molar refractivity (Wildman–Crippen MR) is 140 cm³/mol. The third-order valence-electron chi connectivity index (χ3n) is 6.49. The predicted octanol–water partition coefficient (Wildman–Crippen LogP) is 4.19. The summed E-state index contributed by atoms with van der Waals surface area (Å²) in [7, 11) is 0. The Labute approximate surface area is 214 Å². The Kier molecular flexibility index (Phi) is 7.85. The molecule has 0 saturated carbocycles. The van der Waals surface area contributed by atoms with Crippen LogP contribution in [-0.2, 0) is 4.79 Å². The summed E-state index contributed by atoms with van der Waals surface area (Å²) in [5, 5.41) is 15.9. The molecule has 3 aromatic rings. The number of aliphatic hydroxyl groups is 1. The quantitative estimate of drug-likeness (QED) is 0.326. The van der Waals surface area contributed by atoms with Gasteiger partial charge in [-0.2, -0.15) is 0 Å². The van der Waals surface area contributed by atoms with Crippen LogP contribution in [0.4, 0.5) is 14.5 Å². The molecule has 2 amide bonds. The lowest BCUT2D eigenvalue weighted by molar-refractivity contribution is -0.110. The zero-order valence-corrected chi connectivity index (χ0v) is 21.0. The molecule has 7 nitrogen and oxygen atoms in total. The monoisotopic (exact) mass is 508 g/mol. The van der Waals surface area contributed by atoms with Crippen molar-refractivity contribution < 1.29 is 23.5 Å². The number of aryl methyl sites for hydroxylation is 1. The van der Waals surface area contributed by atoms with E-state index in [2.05, 4.69) is 20.5 Å². The lowest BCUT2D eigenvalue weighted by Gasteiger charge is -2.22. The Morgan fingerprint density at radius 3 is 2.46 bits per heavy atom. The van der Waals surface area contributed by atoms with Crippen LogP contribution in [0.5, 0.6) is 0 Å². The van der Waals surface area contributed by atoms with E-state index >= 15 is 0 Å². The number of rotatable bonds is 9. The summed E-state index contributed by atoms with van der Waals surface area (Å²) in [6.07, 6.45) is 0.811. The van der Waals surface area contributed by atoms with Gasteiger partial charge in [-0.3, -0.25) is 9.59 Å². The maximum atomic E-state index is 13.9. The highest BCUT2D eigenvalue weighted by molar-refractivity contribution is 6.35. The van der Waals surface area contributed by atoms with Crippen LogP contribution in [0.25, 0.3) is 22.8 Å². The van der Waals surface area contributed by atoms with Crippen LogP contribution in [0.3, 0.4) is 0 Å². The second kappa shape index (κ2) is 11.1. The molecule has 0 saturated heterocycles. The van der Waals surface area contributed by atoms with E-state index in [9.17, 15) is 23.5 Å². The number of nitrogens with zero attached hydrogens (tertiary/aromatic N) is 1. The summed E-state index contributed by atoms with van der Waals surface area (Å²) >= 11 is 0. The van der Waals surface area contributed by atoms with Gasteiger partial charge in [0.05, 0.1) is 17.2 Å². The first-order chi connectivity index (χ1) is 17.7. The van der Waals surface area contributed by atoms with E-state index in [1.807, 2.05) is 13.8 Å². The first-order valence-electron chi connectivity index (χ1n) is 12.2. The fourth-order valence-electron chi connectivity index (χ4n) is 4.55. The molecule has 1 atom stereocenters. The molecular weight excluding hydrogens is 478 g/mol. The molecule has 194 valence electrons. The van der Waals surface area contributed by atoms with Crippen molar-refractivity contribution in [3.8, 4) is 11.1 Å². The fraction of sp³-hybridized carbons (Fsp3) is 0.286. The van der Waals surface area contributed by atoms with Gasteiger partial charge in [0.1, 0.15) is 11.6 Å². The van der Waals surface area contributed by atoms with Crippen LogP contribution < -0.4 is 10.6 Å². The lowest BCUT2D eigenvalue weighted by Crippen LogP contribution is -2.40. The summed E-state index contributed by atoms with van der Waals surface area (Å²) < 4.78 is 27.6.